The molecule has 1 aromatic carbocycles. The Morgan fingerprint density at radius 1 is 1.10 bits per heavy atom. The number of nitriles is 1. The van der Waals surface area contributed by atoms with Gasteiger partial charge in [-0.25, -0.2) is 13.2 Å². The first-order valence-electron chi connectivity index (χ1n) is 6.09. The molecule has 1 fully saturated rings. The van der Waals surface area contributed by atoms with Crippen LogP contribution in [0.15, 0.2) is 12.1 Å². The molecule has 1 aromatic rings. The maximum Gasteiger partial charge on any atom is 0.161 e. The summed E-state index contributed by atoms with van der Waals surface area (Å²) < 4.78 is 40.0. The Bertz CT molecular complexity index is 502. The Labute approximate surface area is 133 Å². The lowest BCUT2D eigenvalue weighted by molar-refractivity contribution is 0.172. The molecule has 0 aliphatic carbocycles. The van der Waals surface area contributed by atoms with Gasteiger partial charge in [-0.1, -0.05) is 0 Å². The van der Waals surface area contributed by atoms with Gasteiger partial charge in [0, 0.05) is 37.8 Å². The second kappa shape index (κ2) is 9.11. The van der Waals surface area contributed by atoms with Gasteiger partial charge >= 0.3 is 0 Å². The van der Waals surface area contributed by atoms with Crippen molar-refractivity contribution in [3.05, 3.63) is 35.1 Å². The van der Waals surface area contributed by atoms with Gasteiger partial charge in [0.05, 0.1) is 18.5 Å². The minimum absolute atomic E-state index is 0. The summed E-state index contributed by atoms with van der Waals surface area (Å²) in [5, 5.41) is 12.0. The molecule has 0 amide bonds. The number of nitrogens with one attached hydrogen (secondary N) is 1. The highest BCUT2D eigenvalue weighted by molar-refractivity contribution is 5.85. The van der Waals surface area contributed by atoms with E-state index in [2.05, 4.69) is 5.32 Å². The third-order valence-electron chi connectivity index (χ3n) is 3.28. The predicted octanol–water partition coefficient (Wildman–Crippen LogP) is 2.81. The molecule has 0 saturated carbocycles. The van der Waals surface area contributed by atoms with Crippen LogP contribution in [0.5, 0.6) is 0 Å². The molecule has 1 aliphatic heterocycles. The number of rotatable bonds is 3. The lowest BCUT2D eigenvalue weighted by Crippen LogP contribution is -2.45. The number of hydrogen-bond donors (Lipinski definition) is 1. The van der Waals surface area contributed by atoms with Crippen LogP contribution in [0.1, 0.15) is 18.0 Å². The van der Waals surface area contributed by atoms with E-state index in [-0.39, 0.29) is 36.8 Å². The lowest BCUT2D eigenvalue weighted by Gasteiger charge is -2.34. The normalized spacial score (nSPS) is 16.3. The fourth-order valence-corrected chi connectivity index (χ4v) is 2.31. The van der Waals surface area contributed by atoms with Crippen LogP contribution in [0.2, 0.25) is 0 Å². The molecule has 118 valence electrons. The summed E-state index contributed by atoms with van der Waals surface area (Å²) in [5.41, 5.74) is 0.0438. The molecule has 0 unspecified atom stereocenters. The molecular weight excluding hydrogens is 326 g/mol. The zero-order valence-electron chi connectivity index (χ0n) is 11.1. The zero-order chi connectivity index (χ0) is 13.8. The summed E-state index contributed by atoms with van der Waals surface area (Å²) in [5.74, 6) is -3.11. The fourth-order valence-electron chi connectivity index (χ4n) is 2.31. The van der Waals surface area contributed by atoms with Gasteiger partial charge in [0.25, 0.3) is 0 Å². The first kappa shape index (κ1) is 20.0. The molecule has 1 N–H and O–H groups in total. The average molecular weight is 342 g/mol. The SMILES string of the molecule is Cl.Cl.N#CC[C@H](c1cc(F)c(F)cc1F)N1CCNCC1. The van der Waals surface area contributed by atoms with Crippen LogP contribution in [0, 0.1) is 28.8 Å². The molecule has 1 saturated heterocycles. The van der Waals surface area contributed by atoms with Crippen molar-refractivity contribution in [3.63, 3.8) is 0 Å². The summed E-state index contributed by atoms with van der Waals surface area (Å²) >= 11 is 0. The number of piperazine rings is 1. The van der Waals surface area contributed by atoms with Crippen LogP contribution < -0.4 is 5.32 Å². The third kappa shape index (κ3) is 4.75. The number of benzene rings is 1. The summed E-state index contributed by atoms with van der Waals surface area (Å²) in [6.45, 7) is 2.75. The maximum atomic E-state index is 13.8. The van der Waals surface area contributed by atoms with Gasteiger partial charge < -0.3 is 5.32 Å². The molecule has 1 atom stereocenters. The zero-order valence-corrected chi connectivity index (χ0v) is 12.7. The van der Waals surface area contributed by atoms with E-state index < -0.39 is 23.5 Å². The van der Waals surface area contributed by atoms with Crippen molar-refractivity contribution in [2.45, 2.75) is 12.5 Å². The van der Waals surface area contributed by atoms with Crippen molar-refractivity contribution in [3.8, 4) is 6.07 Å². The summed E-state index contributed by atoms with van der Waals surface area (Å²) in [6, 6.07) is 2.84. The van der Waals surface area contributed by atoms with Crippen molar-refractivity contribution >= 4 is 24.8 Å². The third-order valence-corrected chi connectivity index (χ3v) is 3.28. The largest absolute Gasteiger partial charge is 0.314 e. The van der Waals surface area contributed by atoms with Gasteiger partial charge in [0.2, 0.25) is 0 Å². The molecule has 0 bridgehead atoms. The van der Waals surface area contributed by atoms with Crippen molar-refractivity contribution in [2.75, 3.05) is 26.2 Å². The molecule has 0 spiro atoms. The van der Waals surface area contributed by atoms with E-state index >= 15 is 0 Å². The van der Waals surface area contributed by atoms with E-state index in [0.29, 0.717) is 19.2 Å². The molecule has 0 radical (unpaired) electrons. The van der Waals surface area contributed by atoms with Crippen LogP contribution in [-0.4, -0.2) is 31.1 Å². The summed E-state index contributed by atoms with van der Waals surface area (Å²) in [4.78, 5) is 1.91. The number of hydrogen-bond acceptors (Lipinski definition) is 3. The first-order valence-corrected chi connectivity index (χ1v) is 6.09. The highest BCUT2D eigenvalue weighted by Crippen LogP contribution is 2.28. The minimum Gasteiger partial charge on any atom is -0.314 e. The Morgan fingerprint density at radius 2 is 1.67 bits per heavy atom. The average Bonchev–Trinajstić information content (AvgIpc) is 2.42. The Hall–Kier alpha value is -1.00. The number of nitrogens with zero attached hydrogens (tertiary/aromatic N) is 2. The van der Waals surface area contributed by atoms with Crippen LogP contribution >= 0.6 is 24.8 Å². The van der Waals surface area contributed by atoms with Gasteiger partial charge in [0.15, 0.2) is 11.6 Å². The molecule has 3 nitrogen and oxygen atoms in total. The topological polar surface area (TPSA) is 39.1 Å². The highest BCUT2D eigenvalue weighted by atomic mass is 35.5. The monoisotopic (exact) mass is 341 g/mol. The predicted molar refractivity (Wildman–Crippen MR) is 78.2 cm³/mol. The second-order valence-electron chi connectivity index (χ2n) is 4.45. The van der Waals surface area contributed by atoms with Crippen molar-refractivity contribution < 1.29 is 13.2 Å². The van der Waals surface area contributed by atoms with E-state index in [4.69, 9.17) is 5.26 Å². The van der Waals surface area contributed by atoms with Gasteiger partial charge in [-0.3, -0.25) is 4.90 Å². The molecule has 8 heteroatoms. The lowest BCUT2D eigenvalue weighted by atomic mass is 10.0. The Balaban J connectivity index is 0.00000200. The van der Waals surface area contributed by atoms with E-state index in [1.807, 2.05) is 11.0 Å². The van der Waals surface area contributed by atoms with E-state index in [1.165, 1.54) is 0 Å². The fraction of sp³-hybridized carbons (Fsp3) is 0.462. The van der Waals surface area contributed by atoms with Crippen LogP contribution in [0.3, 0.4) is 0 Å². The van der Waals surface area contributed by atoms with Gasteiger partial charge in [-0.15, -0.1) is 24.8 Å². The quantitative estimate of drug-likeness (QED) is 0.859. The second-order valence-corrected chi connectivity index (χ2v) is 4.45. The molecule has 1 heterocycles. The summed E-state index contributed by atoms with van der Waals surface area (Å²) in [6.07, 6.45) is 0.0436. The smallest absolute Gasteiger partial charge is 0.161 e. The van der Waals surface area contributed by atoms with Crippen LogP contribution in [-0.2, 0) is 0 Å². The van der Waals surface area contributed by atoms with Gasteiger partial charge in [-0.05, 0) is 6.07 Å². The van der Waals surface area contributed by atoms with Crippen molar-refractivity contribution in [1.29, 1.82) is 5.26 Å². The Morgan fingerprint density at radius 3 is 2.24 bits per heavy atom. The standard InChI is InChI=1S/C13H14F3N3.2ClH/c14-10-8-12(16)11(15)7-9(10)13(1-2-17)19-5-3-18-4-6-19;;/h7-8,13,18H,1,3-6H2;2*1H/t13-;;/m1../s1. The van der Waals surface area contributed by atoms with Crippen molar-refractivity contribution in [2.24, 2.45) is 0 Å². The summed E-state index contributed by atoms with van der Waals surface area (Å²) in [7, 11) is 0. The Kier molecular flexibility index (Phi) is 8.67. The molecule has 21 heavy (non-hydrogen) atoms. The van der Waals surface area contributed by atoms with Crippen LogP contribution in [0.4, 0.5) is 13.2 Å². The number of halogens is 5. The molecule has 1 aliphatic rings. The molecule has 0 aromatic heterocycles. The van der Waals surface area contributed by atoms with E-state index in [9.17, 15) is 13.2 Å². The van der Waals surface area contributed by atoms with Gasteiger partial charge in [-0.2, -0.15) is 5.26 Å². The van der Waals surface area contributed by atoms with E-state index in [0.717, 1.165) is 19.2 Å². The molecule has 2 rings (SSSR count). The van der Waals surface area contributed by atoms with Gasteiger partial charge in [0.1, 0.15) is 5.82 Å². The van der Waals surface area contributed by atoms with Crippen LogP contribution in [0.25, 0.3) is 0 Å². The molecular formula is C13H16Cl2F3N3. The maximum absolute atomic E-state index is 13.8. The first-order chi connectivity index (χ1) is 9.13. The van der Waals surface area contributed by atoms with E-state index in [1.54, 1.807) is 0 Å². The minimum atomic E-state index is -1.21. The van der Waals surface area contributed by atoms with Crippen molar-refractivity contribution in [1.82, 2.24) is 10.2 Å². The highest BCUT2D eigenvalue weighted by Gasteiger charge is 2.25.